The van der Waals surface area contributed by atoms with Gasteiger partial charge in [0.05, 0.1) is 6.04 Å². The van der Waals surface area contributed by atoms with E-state index in [1.807, 2.05) is 27.7 Å². The maximum atomic E-state index is 10.6. The average Bonchev–Trinajstić information content (AvgIpc) is 2.10. The minimum Gasteiger partial charge on any atom is -0.322 e. The molecule has 0 heterocycles. The predicted molar refractivity (Wildman–Crippen MR) is 62.9 cm³/mol. The summed E-state index contributed by atoms with van der Waals surface area (Å²) in [5.41, 5.74) is 5.47. The van der Waals surface area contributed by atoms with Gasteiger partial charge in [-0.3, -0.25) is 4.79 Å². The fraction of sp³-hybridized carbons (Fsp3) is 0.909. The van der Waals surface area contributed by atoms with Crippen LogP contribution in [-0.4, -0.2) is 11.8 Å². The topological polar surface area (TPSA) is 43.1 Å². The van der Waals surface area contributed by atoms with Crippen molar-refractivity contribution in [2.75, 3.05) is 0 Å². The molecule has 13 heavy (non-hydrogen) atoms. The second-order valence-corrected chi connectivity index (χ2v) is 2.85. The summed E-state index contributed by atoms with van der Waals surface area (Å²) in [6.07, 6.45) is 0.801. The molecule has 0 aliphatic heterocycles. The average molecular weight is 191 g/mol. The lowest BCUT2D eigenvalue weighted by molar-refractivity contribution is -0.118. The van der Waals surface area contributed by atoms with Crippen molar-refractivity contribution < 1.29 is 6.22 Å². The summed E-state index contributed by atoms with van der Waals surface area (Å²) in [6, 6.07) is -0.245. The van der Waals surface area contributed by atoms with Gasteiger partial charge in [-0.2, -0.15) is 0 Å². The van der Waals surface area contributed by atoms with Gasteiger partial charge >= 0.3 is 0 Å². The quantitative estimate of drug-likeness (QED) is 0.744. The highest BCUT2D eigenvalue weighted by Crippen LogP contribution is 2.02. The molecule has 0 rings (SSSR count). The van der Waals surface area contributed by atoms with Crippen molar-refractivity contribution in [3.05, 3.63) is 0 Å². The molecule has 0 spiro atoms. The van der Waals surface area contributed by atoms with Crippen LogP contribution in [0.4, 0.5) is 0 Å². The van der Waals surface area contributed by atoms with Crippen LogP contribution in [0, 0.1) is 5.92 Å². The summed E-state index contributed by atoms with van der Waals surface area (Å²) in [5, 5.41) is 0. The van der Waals surface area contributed by atoms with Crippen LogP contribution in [0.5, 0.6) is 0 Å². The van der Waals surface area contributed by atoms with Crippen molar-refractivity contribution >= 4 is 5.78 Å². The first kappa shape index (κ1) is 18.4. The van der Waals surface area contributed by atoms with E-state index < -0.39 is 0 Å². The molecule has 0 aromatic heterocycles. The van der Waals surface area contributed by atoms with Gasteiger partial charge in [0.2, 0.25) is 0 Å². The number of Topliss-reactive ketones (excluding diaryl/α,β-unsaturated/α-hetero) is 1. The number of carbonyl (C=O) groups is 1. The van der Waals surface area contributed by atoms with E-state index in [1.54, 1.807) is 0 Å². The van der Waals surface area contributed by atoms with E-state index in [1.165, 1.54) is 6.92 Å². The fourth-order valence-corrected chi connectivity index (χ4v) is 0.674. The first-order valence-electron chi connectivity index (χ1n) is 5.30. The number of nitrogens with two attached hydrogens (primary N) is 1. The second kappa shape index (κ2) is 14.2. The highest BCUT2D eigenvalue weighted by molar-refractivity contribution is 5.81. The Kier molecular flexibility index (Phi) is 20.1. The molecule has 0 aliphatic carbocycles. The smallest absolute Gasteiger partial charge is 0.146 e. The maximum Gasteiger partial charge on any atom is 0.146 e. The molecule has 0 aromatic carbocycles. The van der Waals surface area contributed by atoms with Gasteiger partial charge in [-0.15, -0.1) is 0 Å². The lowest BCUT2D eigenvalue weighted by Crippen LogP contribution is -2.29. The van der Waals surface area contributed by atoms with Gasteiger partial charge in [0, 0.05) is 1.43 Å². The molecule has 0 bridgehead atoms. The Balaban J connectivity index is -0.0000000883. The lowest BCUT2D eigenvalue weighted by Gasteiger charge is -2.08. The van der Waals surface area contributed by atoms with Crippen LogP contribution in [-0.2, 0) is 4.79 Å². The Hall–Kier alpha value is -0.370. The van der Waals surface area contributed by atoms with Gasteiger partial charge in [0.25, 0.3) is 0 Å². The third-order valence-corrected chi connectivity index (χ3v) is 1.25. The summed E-state index contributed by atoms with van der Waals surface area (Å²) in [5.74, 6) is 0.604. The summed E-state index contributed by atoms with van der Waals surface area (Å²) in [7, 11) is 0. The van der Waals surface area contributed by atoms with Gasteiger partial charge in [0.15, 0.2) is 0 Å². The van der Waals surface area contributed by atoms with Crippen molar-refractivity contribution in [3.63, 3.8) is 0 Å². The van der Waals surface area contributed by atoms with E-state index in [2.05, 4.69) is 13.8 Å². The standard InChI is InChI=1S/C7H15NO.2C2H6.H2/c1-5(2)4-7(8)6(3)9;2*1-2;/h5,7H,4,8H2,1-3H3;2*1-2H3;1H/t7-;;;/m0.../s1. The molecule has 0 unspecified atom stereocenters. The normalized spacial score (nSPS) is 10.5. The van der Waals surface area contributed by atoms with Gasteiger partial charge < -0.3 is 5.73 Å². The molecule has 2 heteroatoms. The number of rotatable bonds is 3. The van der Waals surface area contributed by atoms with Crippen molar-refractivity contribution in [1.82, 2.24) is 0 Å². The number of carbonyl (C=O) groups excluding carboxylic acids is 1. The largest absolute Gasteiger partial charge is 0.322 e. The maximum absolute atomic E-state index is 10.6. The molecule has 2 N–H and O–H groups in total. The molecule has 0 amide bonds. The van der Waals surface area contributed by atoms with Gasteiger partial charge in [-0.05, 0) is 19.3 Å². The van der Waals surface area contributed by atoms with Crippen LogP contribution in [0.15, 0.2) is 0 Å². The second-order valence-electron chi connectivity index (χ2n) is 2.85. The van der Waals surface area contributed by atoms with Crippen LogP contribution in [0.1, 0.15) is 56.3 Å². The molecule has 1 atom stereocenters. The van der Waals surface area contributed by atoms with Crippen molar-refractivity contribution in [2.45, 2.75) is 60.9 Å². The molecule has 2 nitrogen and oxygen atoms in total. The zero-order valence-electron chi connectivity index (χ0n) is 10.3. The van der Waals surface area contributed by atoms with Crippen molar-refractivity contribution in [2.24, 2.45) is 11.7 Å². The van der Waals surface area contributed by atoms with E-state index in [-0.39, 0.29) is 13.3 Å². The molecule has 0 fully saturated rings. The summed E-state index contributed by atoms with van der Waals surface area (Å²) in [6.45, 7) is 13.7. The Morgan fingerprint density at radius 1 is 1.23 bits per heavy atom. The molecule has 0 saturated carbocycles. The van der Waals surface area contributed by atoms with Crippen LogP contribution in [0.25, 0.3) is 0 Å². The third kappa shape index (κ3) is 18.5. The van der Waals surface area contributed by atoms with Crippen LogP contribution in [0.3, 0.4) is 0 Å². The zero-order valence-corrected chi connectivity index (χ0v) is 10.3. The minimum atomic E-state index is -0.245. The minimum absolute atomic E-state index is 0. The summed E-state index contributed by atoms with van der Waals surface area (Å²) >= 11 is 0. The van der Waals surface area contributed by atoms with E-state index in [4.69, 9.17) is 5.73 Å². The summed E-state index contributed by atoms with van der Waals surface area (Å²) in [4.78, 5) is 10.6. The third-order valence-electron chi connectivity index (χ3n) is 1.25. The van der Waals surface area contributed by atoms with Crippen molar-refractivity contribution in [1.29, 1.82) is 0 Å². The van der Waals surface area contributed by atoms with E-state index in [0.29, 0.717) is 5.92 Å². The predicted octanol–water partition coefficient (Wildman–Crippen LogP) is 3.25. The molecular weight excluding hydrogens is 162 g/mol. The van der Waals surface area contributed by atoms with Gasteiger partial charge in [-0.1, -0.05) is 41.5 Å². The molecule has 0 saturated heterocycles. The van der Waals surface area contributed by atoms with E-state index >= 15 is 0 Å². The Labute approximate surface area is 85.4 Å². The number of hydrogen-bond donors (Lipinski definition) is 1. The van der Waals surface area contributed by atoms with Gasteiger partial charge in [0.1, 0.15) is 5.78 Å². The lowest BCUT2D eigenvalue weighted by atomic mass is 10.0. The number of hydrogen-bond acceptors (Lipinski definition) is 2. The molecule has 84 valence electrons. The SMILES string of the molecule is CC.CC.CC(=O)[C@@H](N)CC(C)C.[HH]. The first-order valence-corrected chi connectivity index (χ1v) is 5.30. The molecule has 0 aliphatic rings. The van der Waals surface area contributed by atoms with Crippen LogP contribution in [0.2, 0.25) is 0 Å². The fourth-order valence-electron chi connectivity index (χ4n) is 0.674. The van der Waals surface area contributed by atoms with Crippen LogP contribution < -0.4 is 5.73 Å². The highest BCUT2D eigenvalue weighted by atomic mass is 16.1. The van der Waals surface area contributed by atoms with Gasteiger partial charge in [-0.25, -0.2) is 0 Å². The van der Waals surface area contributed by atoms with Crippen LogP contribution >= 0.6 is 0 Å². The highest BCUT2D eigenvalue weighted by Gasteiger charge is 2.08. The molecule has 0 radical (unpaired) electrons. The number of ketones is 1. The zero-order chi connectivity index (χ0) is 11.4. The monoisotopic (exact) mass is 191 g/mol. The molecular formula is C11H29NO. The Morgan fingerprint density at radius 3 is 1.62 bits per heavy atom. The van der Waals surface area contributed by atoms with Crippen molar-refractivity contribution in [3.8, 4) is 0 Å². The Bertz CT molecular complexity index is 105. The first-order chi connectivity index (χ1) is 6.04. The molecule has 0 aromatic rings. The summed E-state index contributed by atoms with van der Waals surface area (Å²) < 4.78 is 0. The Morgan fingerprint density at radius 2 is 1.54 bits per heavy atom. The van der Waals surface area contributed by atoms with E-state index in [0.717, 1.165) is 6.42 Å². The van der Waals surface area contributed by atoms with E-state index in [9.17, 15) is 4.79 Å².